The van der Waals surface area contributed by atoms with Crippen molar-refractivity contribution in [1.82, 2.24) is 4.31 Å². The van der Waals surface area contributed by atoms with Gasteiger partial charge in [-0.1, -0.05) is 19.3 Å². The highest BCUT2D eigenvalue weighted by Gasteiger charge is 2.48. The van der Waals surface area contributed by atoms with E-state index in [1.807, 2.05) is 18.3 Å². The number of pyridine rings is 1. The van der Waals surface area contributed by atoms with E-state index in [4.69, 9.17) is 4.74 Å². The van der Waals surface area contributed by atoms with Crippen LogP contribution in [0.4, 0.5) is 27.6 Å². The predicted molar refractivity (Wildman–Crippen MR) is 144 cm³/mol. The van der Waals surface area contributed by atoms with E-state index < -0.39 is 61.9 Å². The number of nitrogens with one attached hydrogen (secondary N) is 1. The van der Waals surface area contributed by atoms with E-state index in [-0.39, 0.29) is 44.2 Å². The Bertz CT molecular complexity index is 1740. The second kappa shape index (κ2) is 12.6. The van der Waals surface area contributed by atoms with Crippen molar-refractivity contribution >= 4 is 27.6 Å². The average Bonchev–Trinajstić information content (AvgIpc) is 3.37. The smallest absolute Gasteiger partial charge is 0.338 e. The van der Waals surface area contributed by atoms with Gasteiger partial charge in [-0.15, -0.1) is 0 Å². The van der Waals surface area contributed by atoms with Gasteiger partial charge in [-0.2, -0.15) is 4.31 Å². The first-order chi connectivity index (χ1) is 21.0. The quantitative estimate of drug-likeness (QED) is 0.166. The number of esters is 1. The van der Waals surface area contributed by atoms with Crippen LogP contribution >= 0.6 is 0 Å². The molecule has 1 saturated carbocycles. The Kier molecular flexibility index (Phi) is 9.20. The summed E-state index contributed by atoms with van der Waals surface area (Å²) in [7, 11) is -5.33. The first kappa shape index (κ1) is 32.8. The molecule has 1 aromatic heterocycles. The van der Waals surface area contributed by atoms with Crippen LogP contribution in [0, 0.1) is 29.1 Å². The number of nitrogens with zero attached hydrogens (tertiary/aromatic N) is 2. The van der Waals surface area contributed by atoms with Crippen molar-refractivity contribution < 1.29 is 62.1 Å². The number of carbonyl (C=O) groups excluding carboxylic acids is 2. The van der Waals surface area contributed by atoms with Crippen LogP contribution in [-0.2, 0) is 32.7 Å². The maximum absolute atomic E-state index is 14.5. The van der Waals surface area contributed by atoms with Crippen LogP contribution in [0.15, 0.2) is 41.4 Å². The van der Waals surface area contributed by atoms with Gasteiger partial charge in [0.15, 0.2) is 40.1 Å². The highest BCUT2D eigenvalue weighted by Crippen LogP contribution is 2.36. The van der Waals surface area contributed by atoms with Gasteiger partial charge >= 0.3 is 5.97 Å². The van der Waals surface area contributed by atoms with Crippen molar-refractivity contribution in [3.8, 4) is 0 Å². The molecular formula is C30H27ClF5N3O5S. The third-order valence-electron chi connectivity index (χ3n) is 8.54. The average molecular weight is 672 g/mol. The number of fused-ring (bicyclic) bond motifs is 1. The molecule has 3 aliphatic rings. The third kappa shape index (κ3) is 5.79. The van der Waals surface area contributed by atoms with Crippen LogP contribution in [0.5, 0.6) is 0 Å². The molecule has 2 fully saturated rings. The minimum Gasteiger partial charge on any atom is -1.00 e. The molecule has 1 N–H and O–H groups in total. The largest absolute Gasteiger partial charge is 1.00 e. The fraction of sp³-hybridized carbons (Fsp3) is 0.367. The lowest BCUT2D eigenvalue weighted by atomic mass is 9.85. The molecule has 2 aromatic carbocycles. The fourth-order valence-corrected chi connectivity index (χ4v) is 7.76. The highest BCUT2D eigenvalue weighted by atomic mass is 35.5. The van der Waals surface area contributed by atoms with E-state index in [2.05, 4.69) is 4.98 Å². The molecule has 0 radical (unpaired) electrons. The van der Waals surface area contributed by atoms with Crippen LogP contribution in [-0.4, -0.2) is 37.2 Å². The van der Waals surface area contributed by atoms with E-state index >= 15 is 0 Å². The number of rotatable bonds is 7. The molecule has 0 spiro atoms. The second-order valence-electron chi connectivity index (χ2n) is 11.1. The van der Waals surface area contributed by atoms with Crippen LogP contribution in [0.1, 0.15) is 71.6 Å². The molecule has 3 aromatic rings. The zero-order valence-electron chi connectivity index (χ0n) is 23.6. The number of halogens is 6. The van der Waals surface area contributed by atoms with E-state index in [9.17, 15) is 40.0 Å². The zero-order valence-corrected chi connectivity index (χ0v) is 25.2. The minimum atomic E-state index is -5.33. The molecule has 45 heavy (non-hydrogen) atoms. The van der Waals surface area contributed by atoms with Gasteiger partial charge in [0.25, 0.3) is 0 Å². The summed E-state index contributed by atoms with van der Waals surface area (Å²) in [4.78, 5) is 28.4. The van der Waals surface area contributed by atoms with Crippen molar-refractivity contribution in [3.63, 3.8) is 0 Å². The number of aromatic amines is 1. The number of cyclic esters (lactones) is 1. The number of hydrogen-bond acceptors (Lipinski definition) is 5. The molecule has 1 amide bonds. The highest BCUT2D eigenvalue weighted by molar-refractivity contribution is 7.89. The van der Waals surface area contributed by atoms with Gasteiger partial charge < -0.3 is 22.0 Å². The number of aromatic nitrogens is 1. The van der Waals surface area contributed by atoms with Gasteiger partial charge in [-0.25, -0.2) is 40.1 Å². The molecule has 0 bridgehead atoms. The number of anilines is 1. The molecule has 2 aliphatic heterocycles. The lowest BCUT2D eigenvalue weighted by Crippen LogP contribution is -3.00. The van der Waals surface area contributed by atoms with Crippen LogP contribution in [0.2, 0.25) is 0 Å². The standard InChI is InChI=1S/C30H26F5N3O5S.ClH/c31-23-24(32)26(34)28(27(35)25(23)33)44(41,42)38-11-10-22(38)29(39)37(20-8-9-21-18(12-20)15-43-30(21)40)14-19-7-6-17(13-36-19)16-4-2-1-3-5-16;/h6-9,12-13,16,22H,1-5,10-11,14-15H2;1H/t22-;/m1./s1. The number of hydrogen-bond donors (Lipinski definition) is 0. The molecule has 1 saturated heterocycles. The topological polar surface area (TPSA) is 98.1 Å². The number of carbonyl (C=O) groups is 2. The Morgan fingerprint density at radius 1 is 0.933 bits per heavy atom. The Morgan fingerprint density at radius 3 is 2.20 bits per heavy atom. The molecule has 0 unspecified atom stereocenters. The zero-order chi connectivity index (χ0) is 31.3. The number of benzene rings is 2. The number of sulfonamides is 1. The molecule has 240 valence electrons. The minimum absolute atomic E-state index is 0. The van der Waals surface area contributed by atoms with Crippen molar-refractivity contribution in [2.45, 2.75) is 68.5 Å². The van der Waals surface area contributed by atoms with Gasteiger partial charge in [-0.05, 0) is 49.4 Å². The van der Waals surface area contributed by atoms with Crippen molar-refractivity contribution in [3.05, 3.63) is 88.0 Å². The molecule has 6 rings (SSSR count). The van der Waals surface area contributed by atoms with Crippen molar-refractivity contribution in [2.24, 2.45) is 0 Å². The van der Waals surface area contributed by atoms with Crippen LogP contribution in [0.25, 0.3) is 0 Å². The summed E-state index contributed by atoms with van der Waals surface area (Å²) in [6.45, 7) is -0.498. The summed E-state index contributed by atoms with van der Waals surface area (Å²) in [6.07, 6.45) is 7.43. The number of amides is 1. The Balaban J connectivity index is 0.00000400. The molecule has 1 aliphatic carbocycles. The van der Waals surface area contributed by atoms with Crippen molar-refractivity contribution in [2.75, 3.05) is 11.4 Å². The second-order valence-corrected chi connectivity index (χ2v) is 13.0. The maximum Gasteiger partial charge on any atom is 0.338 e. The molecular weight excluding hydrogens is 645 g/mol. The molecule has 15 heteroatoms. The summed E-state index contributed by atoms with van der Waals surface area (Å²) in [5.41, 5.74) is 2.81. The SMILES string of the molecule is O=C1OCc2cc(N(Cc3ccc(C4CCCCC4)c[nH+]3)C(=O)[C@H]3CCN3S(=O)(=O)c3c(F)c(F)c(F)c(F)c3F)ccc21.[Cl-]. The summed E-state index contributed by atoms with van der Waals surface area (Å²) < 4.78 is 102. The summed E-state index contributed by atoms with van der Waals surface area (Å²) in [5, 5.41) is 0. The molecule has 8 nitrogen and oxygen atoms in total. The van der Waals surface area contributed by atoms with E-state index in [1.54, 1.807) is 6.07 Å². The Hall–Kier alpha value is -3.62. The molecule has 3 heterocycles. The Labute approximate surface area is 261 Å². The number of ether oxygens (including phenoxy) is 1. The van der Waals surface area contributed by atoms with Gasteiger partial charge in [0.2, 0.25) is 21.7 Å². The van der Waals surface area contributed by atoms with Gasteiger partial charge in [-0.3, -0.25) is 4.79 Å². The monoisotopic (exact) mass is 671 g/mol. The lowest BCUT2D eigenvalue weighted by molar-refractivity contribution is -0.391. The van der Waals surface area contributed by atoms with E-state index in [0.717, 1.165) is 31.2 Å². The van der Waals surface area contributed by atoms with Gasteiger partial charge in [0.05, 0.1) is 5.56 Å². The van der Waals surface area contributed by atoms with Gasteiger partial charge in [0.1, 0.15) is 19.2 Å². The summed E-state index contributed by atoms with van der Waals surface area (Å²) >= 11 is 0. The predicted octanol–water partition coefficient (Wildman–Crippen LogP) is 1.91. The molecule has 1 atom stereocenters. The fourth-order valence-electron chi connectivity index (χ4n) is 6.02. The first-order valence-electron chi connectivity index (χ1n) is 14.1. The lowest BCUT2D eigenvalue weighted by Gasteiger charge is -2.40. The van der Waals surface area contributed by atoms with Crippen LogP contribution in [0.3, 0.4) is 0 Å². The van der Waals surface area contributed by atoms with Crippen molar-refractivity contribution in [1.29, 1.82) is 0 Å². The summed E-state index contributed by atoms with van der Waals surface area (Å²) in [5.74, 6) is -13.2. The maximum atomic E-state index is 14.5. The van der Waals surface area contributed by atoms with Crippen LogP contribution < -0.4 is 22.3 Å². The Morgan fingerprint density at radius 2 is 1.60 bits per heavy atom. The third-order valence-corrected chi connectivity index (χ3v) is 10.5. The van der Waals surface area contributed by atoms with E-state index in [1.165, 1.54) is 23.5 Å². The van der Waals surface area contributed by atoms with Gasteiger partial charge in [0, 0.05) is 29.4 Å². The summed E-state index contributed by atoms with van der Waals surface area (Å²) in [6, 6.07) is 6.79. The first-order valence-corrected chi connectivity index (χ1v) is 15.6. The number of H-pyrrole nitrogens is 1. The van der Waals surface area contributed by atoms with E-state index in [0.29, 0.717) is 27.0 Å². The normalized spacial score (nSPS) is 18.5.